The Morgan fingerprint density at radius 3 is 1.88 bits per heavy atom. The third kappa shape index (κ3) is 3.54. The third-order valence-corrected chi connectivity index (χ3v) is 10.2. The summed E-state index contributed by atoms with van der Waals surface area (Å²) in [7, 11) is -2.59. The van der Waals surface area contributed by atoms with Crippen LogP contribution in [-0.2, 0) is 4.43 Å². The number of aliphatic hydroxyl groups is 1. The maximum atomic E-state index is 13.6. The zero-order valence-electron chi connectivity index (χ0n) is 15.7. The molecule has 0 aliphatic heterocycles. The second kappa shape index (κ2) is 7.47. The lowest BCUT2D eigenvalue weighted by atomic mass is 10.1. The standard InChI is InChI=1S/C22H27FO2Si/c1-22(2,3)26(18-10-6-4-7-11-18,19-12-8-5-9-13-19)25-16-17-14-20(23)21(24)15-17/h4-14,17,21,24H,15-16H2,1-3H3/t17-,21+/m1/s1. The van der Waals surface area contributed by atoms with Gasteiger partial charge in [-0.1, -0.05) is 81.4 Å². The van der Waals surface area contributed by atoms with Crippen LogP contribution in [0.25, 0.3) is 0 Å². The Morgan fingerprint density at radius 1 is 1.00 bits per heavy atom. The summed E-state index contributed by atoms with van der Waals surface area (Å²) < 4.78 is 20.4. The first-order valence-corrected chi connectivity index (χ1v) is 11.1. The van der Waals surface area contributed by atoms with Gasteiger partial charge in [-0.3, -0.25) is 0 Å². The third-order valence-electron chi connectivity index (χ3n) is 5.17. The van der Waals surface area contributed by atoms with Crippen LogP contribution in [0.4, 0.5) is 4.39 Å². The molecule has 26 heavy (non-hydrogen) atoms. The molecule has 2 nitrogen and oxygen atoms in total. The largest absolute Gasteiger partial charge is 0.407 e. The summed E-state index contributed by atoms with van der Waals surface area (Å²) in [4.78, 5) is 0. The van der Waals surface area contributed by atoms with E-state index >= 15 is 0 Å². The fourth-order valence-corrected chi connectivity index (χ4v) is 8.53. The van der Waals surface area contributed by atoms with Gasteiger partial charge in [-0.25, -0.2) is 4.39 Å². The highest BCUT2D eigenvalue weighted by molar-refractivity contribution is 6.99. The molecule has 0 unspecified atom stereocenters. The molecule has 0 saturated heterocycles. The molecule has 2 atom stereocenters. The first-order valence-electron chi connectivity index (χ1n) is 9.15. The van der Waals surface area contributed by atoms with E-state index in [1.165, 1.54) is 16.4 Å². The van der Waals surface area contributed by atoms with Crippen molar-refractivity contribution in [3.05, 3.63) is 72.6 Å². The van der Waals surface area contributed by atoms with E-state index in [2.05, 4.69) is 45.0 Å². The van der Waals surface area contributed by atoms with Crippen molar-refractivity contribution in [2.45, 2.75) is 38.3 Å². The van der Waals surface area contributed by atoms with Crippen molar-refractivity contribution >= 4 is 18.7 Å². The summed E-state index contributed by atoms with van der Waals surface area (Å²) in [5, 5.41) is 12.0. The Labute approximate surface area is 156 Å². The van der Waals surface area contributed by atoms with E-state index in [4.69, 9.17) is 4.43 Å². The van der Waals surface area contributed by atoms with Crippen LogP contribution in [0.3, 0.4) is 0 Å². The SMILES string of the molecule is CC(C)(C)[Si](OC[C@@H]1C=C(F)[C@@H](O)C1)(c1ccccc1)c1ccccc1. The Hall–Kier alpha value is -1.75. The van der Waals surface area contributed by atoms with Gasteiger partial charge in [0.15, 0.2) is 0 Å². The molecule has 0 amide bonds. The average molecular weight is 371 g/mol. The van der Waals surface area contributed by atoms with Crippen molar-refractivity contribution in [3.63, 3.8) is 0 Å². The molecule has 1 aliphatic rings. The lowest BCUT2D eigenvalue weighted by Crippen LogP contribution is -2.66. The maximum Gasteiger partial charge on any atom is 0.261 e. The number of halogens is 1. The van der Waals surface area contributed by atoms with Crippen molar-refractivity contribution in [2.24, 2.45) is 5.92 Å². The van der Waals surface area contributed by atoms with E-state index in [1.807, 2.05) is 36.4 Å². The van der Waals surface area contributed by atoms with Crippen LogP contribution in [0.5, 0.6) is 0 Å². The molecule has 2 aromatic carbocycles. The molecule has 0 aromatic heterocycles. The van der Waals surface area contributed by atoms with Gasteiger partial charge < -0.3 is 9.53 Å². The fourth-order valence-electron chi connectivity index (χ4n) is 3.91. The van der Waals surface area contributed by atoms with Crippen LogP contribution in [-0.4, -0.2) is 26.1 Å². The number of aliphatic hydroxyl groups excluding tert-OH is 1. The molecule has 1 N–H and O–H groups in total. The molecule has 4 heteroatoms. The minimum absolute atomic E-state index is 0.0911. The van der Waals surface area contributed by atoms with E-state index in [9.17, 15) is 9.50 Å². The Bertz CT molecular complexity index is 713. The fraction of sp³-hybridized carbons (Fsp3) is 0.364. The van der Waals surface area contributed by atoms with Gasteiger partial charge in [0.2, 0.25) is 0 Å². The number of benzene rings is 2. The van der Waals surface area contributed by atoms with Crippen LogP contribution >= 0.6 is 0 Å². The minimum atomic E-state index is -2.59. The highest BCUT2D eigenvalue weighted by atomic mass is 28.4. The predicted octanol–water partition coefficient (Wildman–Crippen LogP) is 3.80. The Morgan fingerprint density at radius 2 is 1.50 bits per heavy atom. The van der Waals surface area contributed by atoms with Crippen LogP contribution in [0.15, 0.2) is 72.6 Å². The Balaban J connectivity index is 2.03. The van der Waals surface area contributed by atoms with Gasteiger partial charge >= 0.3 is 0 Å². The minimum Gasteiger partial charge on any atom is -0.407 e. The van der Waals surface area contributed by atoms with Gasteiger partial charge in [0.25, 0.3) is 8.32 Å². The van der Waals surface area contributed by atoms with Crippen LogP contribution in [0, 0.1) is 5.92 Å². The summed E-state index contributed by atoms with van der Waals surface area (Å²) in [6.07, 6.45) is 0.926. The molecule has 3 rings (SSSR count). The van der Waals surface area contributed by atoms with Gasteiger partial charge in [-0.2, -0.15) is 0 Å². The molecular formula is C22H27FO2Si. The lowest BCUT2D eigenvalue weighted by Gasteiger charge is -2.43. The average Bonchev–Trinajstić information content (AvgIpc) is 2.94. The second-order valence-corrected chi connectivity index (χ2v) is 12.3. The van der Waals surface area contributed by atoms with Crippen LogP contribution < -0.4 is 10.4 Å². The van der Waals surface area contributed by atoms with Crippen molar-refractivity contribution in [2.75, 3.05) is 6.61 Å². The molecule has 0 heterocycles. The van der Waals surface area contributed by atoms with Crippen LogP contribution in [0.2, 0.25) is 5.04 Å². The van der Waals surface area contributed by atoms with Gasteiger partial charge in [-0.05, 0) is 27.9 Å². The first kappa shape index (κ1) is 19.0. The summed E-state index contributed by atoms with van der Waals surface area (Å²) in [5.41, 5.74) is 0. The molecule has 0 bridgehead atoms. The first-order chi connectivity index (χ1) is 12.3. The van der Waals surface area contributed by atoms with Gasteiger partial charge in [0.1, 0.15) is 11.9 Å². The number of hydrogen-bond donors (Lipinski definition) is 1. The predicted molar refractivity (Wildman–Crippen MR) is 107 cm³/mol. The quantitative estimate of drug-likeness (QED) is 0.812. The van der Waals surface area contributed by atoms with E-state index in [1.54, 1.807) is 0 Å². The monoisotopic (exact) mass is 370 g/mol. The van der Waals surface area contributed by atoms with Crippen molar-refractivity contribution in [1.82, 2.24) is 0 Å². The van der Waals surface area contributed by atoms with Crippen molar-refractivity contribution < 1.29 is 13.9 Å². The normalized spacial score (nSPS) is 20.9. The Kier molecular flexibility index (Phi) is 5.46. The molecule has 0 saturated carbocycles. The summed E-state index contributed by atoms with van der Waals surface area (Å²) in [5.74, 6) is -0.521. The highest BCUT2D eigenvalue weighted by Gasteiger charge is 2.50. The molecule has 0 fully saturated rings. The molecule has 138 valence electrons. The molecule has 0 spiro atoms. The summed E-state index contributed by atoms with van der Waals surface area (Å²) >= 11 is 0. The molecule has 2 aromatic rings. The lowest BCUT2D eigenvalue weighted by molar-refractivity contribution is 0.162. The van der Waals surface area contributed by atoms with E-state index in [-0.39, 0.29) is 11.0 Å². The maximum absolute atomic E-state index is 13.6. The number of hydrogen-bond acceptors (Lipinski definition) is 2. The molecule has 0 radical (unpaired) electrons. The van der Waals surface area contributed by atoms with E-state index in [0.29, 0.717) is 13.0 Å². The zero-order valence-corrected chi connectivity index (χ0v) is 16.7. The zero-order chi connectivity index (χ0) is 18.8. The summed E-state index contributed by atoms with van der Waals surface area (Å²) in [6, 6.07) is 20.8. The van der Waals surface area contributed by atoms with Gasteiger partial charge in [0, 0.05) is 12.5 Å². The number of rotatable bonds is 5. The van der Waals surface area contributed by atoms with Gasteiger partial charge in [-0.15, -0.1) is 0 Å². The topological polar surface area (TPSA) is 29.5 Å². The summed E-state index contributed by atoms with van der Waals surface area (Å²) in [6.45, 7) is 7.08. The van der Waals surface area contributed by atoms with E-state index < -0.39 is 20.2 Å². The smallest absolute Gasteiger partial charge is 0.261 e. The van der Waals surface area contributed by atoms with E-state index in [0.717, 1.165) is 0 Å². The van der Waals surface area contributed by atoms with Crippen molar-refractivity contribution in [3.8, 4) is 0 Å². The van der Waals surface area contributed by atoms with Crippen LogP contribution in [0.1, 0.15) is 27.2 Å². The highest BCUT2D eigenvalue weighted by Crippen LogP contribution is 2.38. The second-order valence-electron chi connectivity index (χ2n) is 8.04. The van der Waals surface area contributed by atoms with Gasteiger partial charge in [0.05, 0.1) is 0 Å². The molecule has 1 aliphatic carbocycles. The van der Waals surface area contributed by atoms with Crippen molar-refractivity contribution in [1.29, 1.82) is 0 Å². The molecular weight excluding hydrogens is 343 g/mol.